The minimum absolute atomic E-state index is 0.589. The van der Waals surface area contributed by atoms with Gasteiger partial charge in [0.15, 0.2) is 5.58 Å². The normalized spacial score (nSPS) is 11.6. The predicted molar refractivity (Wildman–Crippen MR) is 237 cm³/mol. The van der Waals surface area contributed by atoms with Gasteiger partial charge in [0, 0.05) is 64.9 Å². The standard InChI is InChI=1S/C51H33N3OS/c1-4-17-35(18-5-1)53(36-19-6-2-7-20-36)39-30-31-41-44(33-39)40-24-10-11-25-42(40)50-49(41)52-51(55-50)34-16-14-23-38(32-34)54(37-21-8-3-9-22-37)45-27-15-29-47-48(45)43-26-12-13-28-46(43)56-47/h1-33H. The quantitative estimate of drug-likeness (QED) is 0.153. The maximum atomic E-state index is 6.82. The van der Waals surface area contributed by atoms with Crippen LogP contribution >= 0.6 is 11.3 Å². The smallest absolute Gasteiger partial charge is 0.227 e. The molecule has 0 aliphatic carbocycles. The molecule has 11 aromatic rings. The van der Waals surface area contributed by atoms with E-state index in [1.54, 1.807) is 0 Å². The second-order valence-electron chi connectivity index (χ2n) is 13.9. The summed E-state index contributed by atoms with van der Waals surface area (Å²) in [4.78, 5) is 9.94. The number of oxazole rings is 1. The van der Waals surface area contributed by atoms with Crippen LogP contribution in [0.15, 0.2) is 205 Å². The molecule has 2 aromatic heterocycles. The molecular weight excluding hydrogens is 703 g/mol. The second-order valence-corrected chi connectivity index (χ2v) is 15.0. The lowest BCUT2D eigenvalue weighted by atomic mass is 9.99. The van der Waals surface area contributed by atoms with Crippen molar-refractivity contribution in [2.24, 2.45) is 0 Å². The summed E-state index contributed by atoms with van der Waals surface area (Å²) in [7, 11) is 0. The molecule has 0 amide bonds. The summed E-state index contributed by atoms with van der Waals surface area (Å²) in [5, 5.41) is 6.85. The summed E-state index contributed by atoms with van der Waals surface area (Å²) in [5.41, 5.74) is 9.07. The molecule has 11 rings (SSSR count). The van der Waals surface area contributed by atoms with Gasteiger partial charge in [0.25, 0.3) is 0 Å². The zero-order chi connectivity index (χ0) is 37.0. The van der Waals surface area contributed by atoms with E-state index in [1.165, 1.54) is 20.2 Å². The van der Waals surface area contributed by atoms with Crippen LogP contribution in [0.25, 0.3) is 64.3 Å². The van der Waals surface area contributed by atoms with E-state index in [0.717, 1.165) is 72.3 Å². The Morgan fingerprint density at radius 2 is 0.964 bits per heavy atom. The van der Waals surface area contributed by atoms with E-state index >= 15 is 0 Å². The fraction of sp³-hybridized carbons (Fsp3) is 0. The highest BCUT2D eigenvalue weighted by atomic mass is 32.1. The van der Waals surface area contributed by atoms with Crippen LogP contribution in [0.2, 0.25) is 0 Å². The highest BCUT2D eigenvalue weighted by Gasteiger charge is 2.22. The third kappa shape index (κ3) is 5.32. The van der Waals surface area contributed by atoms with Crippen LogP contribution in [0.1, 0.15) is 0 Å². The van der Waals surface area contributed by atoms with Gasteiger partial charge in [-0.25, -0.2) is 4.98 Å². The zero-order valence-corrected chi connectivity index (χ0v) is 31.0. The Labute approximate surface area is 327 Å². The first-order valence-corrected chi connectivity index (χ1v) is 19.6. The molecule has 0 unspecified atom stereocenters. The highest BCUT2D eigenvalue weighted by Crippen LogP contribution is 2.46. The Morgan fingerprint density at radius 3 is 1.70 bits per heavy atom. The van der Waals surface area contributed by atoms with Gasteiger partial charge in [-0.3, -0.25) is 0 Å². The van der Waals surface area contributed by atoms with Crippen LogP contribution in [0.5, 0.6) is 0 Å². The van der Waals surface area contributed by atoms with E-state index in [-0.39, 0.29) is 0 Å². The number of anilines is 6. The van der Waals surface area contributed by atoms with Crippen molar-refractivity contribution in [2.45, 2.75) is 0 Å². The number of rotatable bonds is 7. The van der Waals surface area contributed by atoms with Crippen molar-refractivity contribution in [1.29, 1.82) is 0 Å². The minimum Gasteiger partial charge on any atom is -0.435 e. The van der Waals surface area contributed by atoms with Crippen molar-refractivity contribution in [3.63, 3.8) is 0 Å². The molecule has 56 heavy (non-hydrogen) atoms. The van der Waals surface area contributed by atoms with Crippen LogP contribution in [0.4, 0.5) is 34.1 Å². The number of fused-ring (bicyclic) bond motifs is 9. The maximum Gasteiger partial charge on any atom is 0.227 e. The molecule has 9 aromatic carbocycles. The summed E-state index contributed by atoms with van der Waals surface area (Å²) in [6, 6.07) is 70.7. The van der Waals surface area contributed by atoms with E-state index in [1.807, 2.05) is 11.3 Å². The van der Waals surface area contributed by atoms with Gasteiger partial charge < -0.3 is 14.2 Å². The number of para-hydroxylation sites is 3. The van der Waals surface area contributed by atoms with Crippen LogP contribution < -0.4 is 9.80 Å². The third-order valence-corrected chi connectivity index (χ3v) is 11.8. The molecule has 0 bridgehead atoms. The Balaban J connectivity index is 1.08. The number of thiophene rings is 1. The van der Waals surface area contributed by atoms with Crippen LogP contribution in [-0.2, 0) is 0 Å². The first-order chi connectivity index (χ1) is 27.8. The lowest BCUT2D eigenvalue weighted by Crippen LogP contribution is -2.10. The lowest BCUT2D eigenvalue weighted by Gasteiger charge is -2.26. The van der Waals surface area contributed by atoms with Crippen molar-refractivity contribution in [3.05, 3.63) is 200 Å². The molecule has 0 fully saturated rings. The summed E-state index contributed by atoms with van der Waals surface area (Å²) in [5.74, 6) is 0.589. The molecule has 5 heteroatoms. The number of benzene rings is 9. The summed E-state index contributed by atoms with van der Waals surface area (Å²) >= 11 is 1.83. The molecule has 0 N–H and O–H groups in total. The fourth-order valence-corrected chi connectivity index (χ4v) is 9.28. The molecule has 4 nitrogen and oxygen atoms in total. The molecule has 0 aliphatic rings. The van der Waals surface area contributed by atoms with E-state index < -0.39 is 0 Å². The summed E-state index contributed by atoms with van der Waals surface area (Å²) < 4.78 is 9.36. The monoisotopic (exact) mass is 735 g/mol. The van der Waals surface area contributed by atoms with E-state index in [9.17, 15) is 0 Å². The first kappa shape index (κ1) is 32.2. The number of nitrogens with zero attached hydrogens (tertiary/aromatic N) is 3. The van der Waals surface area contributed by atoms with Crippen molar-refractivity contribution in [2.75, 3.05) is 9.80 Å². The number of hydrogen-bond donors (Lipinski definition) is 0. The van der Waals surface area contributed by atoms with Crippen molar-refractivity contribution in [3.8, 4) is 11.5 Å². The Morgan fingerprint density at radius 1 is 0.393 bits per heavy atom. The molecule has 264 valence electrons. The van der Waals surface area contributed by atoms with Crippen molar-refractivity contribution in [1.82, 2.24) is 4.98 Å². The number of aromatic nitrogens is 1. The average molecular weight is 736 g/mol. The molecule has 0 saturated heterocycles. The number of hydrogen-bond acceptors (Lipinski definition) is 5. The van der Waals surface area contributed by atoms with Crippen molar-refractivity contribution < 1.29 is 4.42 Å². The molecule has 0 saturated carbocycles. The van der Waals surface area contributed by atoms with Gasteiger partial charge in [-0.15, -0.1) is 11.3 Å². The van der Waals surface area contributed by atoms with Crippen molar-refractivity contribution >= 4 is 98.3 Å². The fourth-order valence-electron chi connectivity index (χ4n) is 8.15. The Kier molecular flexibility index (Phi) is 7.64. The summed E-state index contributed by atoms with van der Waals surface area (Å²) in [6.07, 6.45) is 0. The van der Waals surface area contributed by atoms with E-state index in [4.69, 9.17) is 9.40 Å². The average Bonchev–Trinajstić information content (AvgIpc) is 3.89. The predicted octanol–water partition coefficient (Wildman–Crippen LogP) is 15.1. The topological polar surface area (TPSA) is 32.5 Å². The highest BCUT2D eigenvalue weighted by molar-refractivity contribution is 7.26. The van der Waals surface area contributed by atoms with Crippen LogP contribution in [0, 0.1) is 0 Å². The van der Waals surface area contributed by atoms with Crippen LogP contribution in [-0.4, -0.2) is 4.98 Å². The molecule has 0 aliphatic heterocycles. The van der Waals surface area contributed by atoms with E-state index in [2.05, 4.69) is 210 Å². The minimum atomic E-state index is 0.589. The largest absolute Gasteiger partial charge is 0.435 e. The molecule has 0 radical (unpaired) electrons. The molecular formula is C51H33N3OS. The van der Waals surface area contributed by atoms with Gasteiger partial charge in [-0.1, -0.05) is 109 Å². The van der Waals surface area contributed by atoms with Gasteiger partial charge in [0.05, 0.1) is 5.69 Å². The summed E-state index contributed by atoms with van der Waals surface area (Å²) in [6.45, 7) is 0. The van der Waals surface area contributed by atoms with Crippen LogP contribution in [0.3, 0.4) is 0 Å². The first-order valence-electron chi connectivity index (χ1n) is 18.8. The van der Waals surface area contributed by atoms with Gasteiger partial charge in [0.1, 0.15) is 5.52 Å². The van der Waals surface area contributed by atoms with Gasteiger partial charge >= 0.3 is 0 Å². The molecule has 2 heterocycles. The van der Waals surface area contributed by atoms with Gasteiger partial charge in [0.2, 0.25) is 5.89 Å². The maximum absolute atomic E-state index is 6.82. The van der Waals surface area contributed by atoms with Gasteiger partial charge in [-0.2, -0.15) is 0 Å². The second kappa shape index (κ2) is 13.3. The zero-order valence-electron chi connectivity index (χ0n) is 30.2. The van der Waals surface area contributed by atoms with Gasteiger partial charge in [-0.05, 0) is 102 Å². The Bertz CT molecular complexity index is 3170. The molecule has 0 spiro atoms. The van der Waals surface area contributed by atoms with E-state index in [0.29, 0.717) is 5.89 Å². The third-order valence-electron chi connectivity index (χ3n) is 10.6. The lowest BCUT2D eigenvalue weighted by molar-refractivity contribution is 0.623. The molecule has 0 atom stereocenters. The Hall–Kier alpha value is -7.21. The SMILES string of the molecule is c1ccc(N(c2ccccc2)c2ccc3c(c2)c2ccccc2c2oc(-c4cccc(N(c5ccccc5)c5cccc6sc7ccccc7c56)c4)nc32)cc1.